The van der Waals surface area contributed by atoms with Crippen molar-refractivity contribution < 1.29 is 29.0 Å². The number of hydrogen-bond donors (Lipinski definition) is 3. The second kappa shape index (κ2) is 9.96. The predicted octanol–water partition coefficient (Wildman–Crippen LogP) is 1.66. The molecule has 0 bridgehead atoms. The van der Waals surface area contributed by atoms with E-state index < -0.39 is 29.1 Å². The molecule has 1 aromatic carbocycles. The van der Waals surface area contributed by atoms with E-state index >= 15 is 0 Å². The number of carboxylic acid groups (broad SMARTS) is 1. The summed E-state index contributed by atoms with van der Waals surface area (Å²) in [6.45, 7) is 2.38. The van der Waals surface area contributed by atoms with E-state index in [9.17, 15) is 19.2 Å². The van der Waals surface area contributed by atoms with Crippen LogP contribution in [0.25, 0.3) is 0 Å². The summed E-state index contributed by atoms with van der Waals surface area (Å²) in [6.07, 6.45) is 1.68. The standard InChI is InChI=1S/C18H22N2O6S/c1-2-3-8-26-18(25)11-4-6-12(7-5-11)19-15(21)9-14-16(22)20-13(10-27-14)17(23)24/h4-7,13-14H,2-3,8-10H2,1H3,(H,19,21)(H,20,22)(H,23,24)/t13-,14+/m0/s1. The van der Waals surface area contributed by atoms with Gasteiger partial charge in [-0.15, -0.1) is 11.8 Å². The molecular weight excluding hydrogens is 372 g/mol. The number of carbonyl (C=O) groups is 4. The Morgan fingerprint density at radius 2 is 2.00 bits per heavy atom. The first-order chi connectivity index (χ1) is 12.9. The van der Waals surface area contributed by atoms with Crippen molar-refractivity contribution in [2.45, 2.75) is 37.5 Å². The number of carbonyl (C=O) groups excluding carboxylic acids is 3. The Kier molecular flexibility index (Phi) is 7.66. The zero-order chi connectivity index (χ0) is 19.8. The third-order valence-electron chi connectivity index (χ3n) is 3.88. The van der Waals surface area contributed by atoms with Crippen LogP contribution < -0.4 is 10.6 Å². The number of anilines is 1. The minimum atomic E-state index is -1.09. The lowest BCUT2D eigenvalue weighted by atomic mass is 10.2. The van der Waals surface area contributed by atoms with Gasteiger partial charge in [-0.1, -0.05) is 13.3 Å². The molecule has 3 N–H and O–H groups in total. The summed E-state index contributed by atoms with van der Waals surface area (Å²) < 4.78 is 5.11. The smallest absolute Gasteiger partial charge is 0.338 e. The quantitative estimate of drug-likeness (QED) is 0.453. The molecule has 1 aliphatic heterocycles. The second-order valence-corrected chi connectivity index (χ2v) is 7.28. The average Bonchev–Trinajstić information content (AvgIpc) is 2.64. The molecule has 1 aliphatic rings. The number of nitrogens with one attached hydrogen (secondary N) is 2. The Labute approximate surface area is 161 Å². The van der Waals surface area contributed by atoms with Crippen molar-refractivity contribution in [3.63, 3.8) is 0 Å². The highest BCUT2D eigenvalue weighted by Crippen LogP contribution is 2.22. The van der Waals surface area contributed by atoms with Crippen LogP contribution in [0.1, 0.15) is 36.5 Å². The molecule has 8 nitrogen and oxygen atoms in total. The Hall–Kier alpha value is -2.55. The normalized spacial score (nSPS) is 19.1. The third-order valence-corrected chi connectivity index (χ3v) is 5.19. The molecule has 0 aromatic heterocycles. The highest BCUT2D eigenvalue weighted by Gasteiger charge is 2.33. The van der Waals surface area contributed by atoms with Crippen LogP contribution in [-0.4, -0.2) is 52.5 Å². The molecule has 1 saturated heterocycles. The number of aliphatic carboxylic acids is 1. The van der Waals surface area contributed by atoms with E-state index in [-0.39, 0.29) is 18.1 Å². The molecule has 27 heavy (non-hydrogen) atoms. The molecule has 0 saturated carbocycles. The van der Waals surface area contributed by atoms with Gasteiger partial charge in [0.25, 0.3) is 0 Å². The number of hydrogen-bond acceptors (Lipinski definition) is 6. The van der Waals surface area contributed by atoms with Crippen molar-refractivity contribution in [1.29, 1.82) is 0 Å². The molecule has 1 fully saturated rings. The Bertz CT molecular complexity index is 706. The van der Waals surface area contributed by atoms with Gasteiger partial charge >= 0.3 is 11.9 Å². The van der Waals surface area contributed by atoms with Gasteiger partial charge in [0.05, 0.1) is 17.4 Å². The van der Waals surface area contributed by atoms with Crippen LogP contribution in [0, 0.1) is 0 Å². The van der Waals surface area contributed by atoms with Crippen molar-refractivity contribution in [3.05, 3.63) is 29.8 Å². The van der Waals surface area contributed by atoms with E-state index in [0.717, 1.165) is 24.6 Å². The highest BCUT2D eigenvalue weighted by molar-refractivity contribution is 8.00. The summed E-state index contributed by atoms with van der Waals surface area (Å²) in [5.74, 6) is -2.11. The Morgan fingerprint density at radius 1 is 1.30 bits per heavy atom. The van der Waals surface area contributed by atoms with Gasteiger partial charge in [0.1, 0.15) is 6.04 Å². The number of esters is 1. The molecule has 2 atom stereocenters. The maximum Gasteiger partial charge on any atom is 0.338 e. The summed E-state index contributed by atoms with van der Waals surface area (Å²) in [5.41, 5.74) is 0.890. The van der Waals surface area contributed by atoms with Crippen LogP contribution in [0.3, 0.4) is 0 Å². The molecule has 1 heterocycles. The maximum atomic E-state index is 12.1. The van der Waals surface area contributed by atoms with Crippen LogP contribution in [-0.2, 0) is 19.1 Å². The first-order valence-electron chi connectivity index (χ1n) is 8.62. The van der Waals surface area contributed by atoms with Crippen molar-refractivity contribution in [3.8, 4) is 0 Å². The lowest BCUT2D eigenvalue weighted by molar-refractivity contribution is -0.141. The first-order valence-corrected chi connectivity index (χ1v) is 9.67. The topological polar surface area (TPSA) is 122 Å². The summed E-state index contributed by atoms with van der Waals surface area (Å²) in [4.78, 5) is 46.7. The Balaban J connectivity index is 1.83. The van der Waals surface area contributed by atoms with Crippen LogP contribution >= 0.6 is 11.8 Å². The molecule has 0 unspecified atom stereocenters. The fraction of sp³-hybridized carbons (Fsp3) is 0.444. The van der Waals surface area contributed by atoms with Crippen molar-refractivity contribution in [1.82, 2.24) is 5.32 Å². The molecule has 2 rings (SSSR count). The van der Waals surface area contributed by atoms with Crippen molar-refractivity contribution >= 4 is 41.2 Å². The third kappa shape index (κ3) is 6.28. The molecule has 1 aromatic rings. The van der Waals surface area contributed by atoms with E-state index in [2.05, 4.69) is 10.6 Å². The van der Waals surface area contributed by atoms with Crippen LogP contribution in [0.5, 0.6) is 0 Å². The van der Waals surface area contributed by atoms with E-state index in [1.807, 2.05) is 6.92 Å². The summed E-state index contributed by atoms with van der Waals surface area (Å²) in [7, 11) is 0. The van der Waals surface area contributed by atoms with E-state index in [4.69, 9.17) is 9.84 Å². The van der Waals surface area contributed by atoms with Gasteiger partial charge in [0, 0.05) is 17.9 Å². The average molecular weight is 394 g/mol. The fourth-order valence-electron chi connectivity index (χ4n) is 2.34. The molecule has 2 amide bonds. The number of unbranched alkanes of at least 4 members (excludes halogenated alkanes) is 1. The van der Waals surface area contributed by atoms with Crippen molar-refractivity contribution in [2.24, 2.45) is 0 Å². The number of rotatable bonds is 8. The van der Waals surface area contributed by atoms with E-state index in [0.29, 0.717) is 17.9 Å². The van der Waals surface area contributed by atoms with Gasteiger partial charge in [-0.25, -0.2) is 9.59 Å². The minimum absolute atomic E-state index is 0.0658. The SMILES string of the molecule is CCCCOC(=O)c1ccc(NC(=O)C[C@H]2SC[C@@H](C(=O)O)NC2=O)cc1. The number of ether oxygens (including phenoxy) is 1. The van der Waals surface area contributed by atoms with Crippen LogP contribution in [0.2, 0.25) is 0 Å². The van der Waals surface area contributed by atoms with Gasteiger partial charge in [-0.3, -0.25) is 9.59 Å². The molecule has 0 spiro atoms. The van der Waals surface area contributed by atoms with Gasteiger partial charge in [-0.2, -0.15) is 0 Å². The molecule has 0 radical (unpaired) electrons. The summed E-state index contributed by atoms with van der Waals surface area (Å²) >= 11 is 1.15. The second-order valence-electron chi connectivity index (χ2n) is 6.04. The number of amides is 2. The number of thioether (sulfide) groups is 1. The Morgan fingerprint density at radius 3 is 2.59 bits per heavy atom. The first kappa shape index (κ1) is 20.8. The van der Waals surface area contributed by atoms with E-state index in [1.165, 1.54) is 0 Å². The predicted molar refractivity (Wildman–Crippen MR) is 101 cm³/mol. The largest absolute Gasteiger partial charge is 0.480 e. The zero-order valence-electron chi connectivity index (χ0n) is 14.9. The molecule has 0 aliphatic carbocycles. The summed E-state index contributed by atoms with van der Waals surface area (Å²) in [5, 5.41) is 13.3. The fourth-order valence-corrected chi connectivity index (χ4v) is 3.48. The zero-order valence-corrected chi connectivity index (χ0v) is 15.7. The van der Waals surface area contributed by atoms with Crippen molar-refractivity contribution in [2.75, 3.05) is 17.7 Å². The summed E-state index contributed by atoms with van der Waals surface area (Å²) in [6, 6.07) is 5.37. The minimum Gasteiger partial charge on any atom is -0.480 e. The molecular formula is C18H22N2O6S. The highest BCUT2D eigenvalue weighted by atomic mass is 32.2. The van der Waals surface area contributed by atoms with Crippen LogP contribution in [0.15, 0.2) is 24.3 Å². The monoisotopic (exact) mass is 394 g/mol. The van der Waals surface area contributed by atoms with Gasteiger partial charge < -0.3 is 20.5 Å². The van der Waals surface area contributed by atoms with Gasteiger partial charge in [0.2, 0.25) is 11.8 Å². The molecule has 146 valence electrons. The van der Waals surface area contributed by atoms with Gasteiger partial charge in [0.15, 0.2) is 0 Å². The number of benzene rings is 1. The van der Waals surface area contributed by atoms with E-state index in [1.54, 1.807) is 24.3 Å². The maximum absolute atomic E-state index is 12.1. The van der Waals surface area contributed by atoms with Gasteiger partial charge in [-0.05, 0) is 30.7 Å². The number of carboxylic acids is 1. The lowest BCUT2D eigenvalue weighted by Gasteiger charge is -2.25. The van der Waals surface area contributed by atoms with Crippen LogP contribution in [0.4, 0.5) is 5.69 Å². The lowest BCUT2D eigenvalue weighted by Crippen LogP contribution is -2.51. The molecule has 9 heteroatoms.